The van der Waals surface area contributed by atoms with Crippen molar-refractivity contribution < 1.29 is 0 Å². The second kappa shape index (κ2) is 4.19. The van der Waals surface area contributed by atoms with Gasteiger partial charge in [0.2, 0.25) is 0 Å². The fourth-order valence-electron chi connectivity index (χ4n) is 1.81. The van der Waals surface area contributed by atoms with Crippen LogP contribution in [0.25, 0.3) is 10.1 Å². The molecule has 14 heavy (non-hydrogen) atoms. The van der Waals surface area contributed by atoms with Crippen molar-refractivity contribution in [1.29, 1.82) is 0 Å². The first-order valence-electron chi connectivity index (χ1n) is 4.96. The van der Waals surface area contributed by atoms with E-state index in [4.69, 9.17) is 0 Å². The minimum Gasteiger partial charge on any atom is -0.129 e. The molecule has 0 unspecified atom stereocenters. The summed E-state index contributed by atoms with van der Waals surface area (Å²) in [6.07, 6.45) is 2.28. The van der Waals surface area contributed by atoms with Crippen LogP contribution >= 0.6 is 33.9 Å². The minimum absolute atomic E-state index is 1.14. The third kappa shape index (κ3) is 1.58. The number of hydrogen-bond acceptors (Lipinski definition) is 1. The molecule has 0 aliphatic heterocycles. The van der Waals surface area contributed by atoms with E-state index in [-0.39, 0.29) is 0 Å². The van der Waals surface area contributed by atoms with Gasteiger partial charge in [-0.2, -0.15) is 0 Å². The van der Waals surface area contributed by atoms with Crippen LogP contribution in [0.4, 0.5) is 0 Å². The Kier molecular flexibility index (Phi) is 3.12. The number of hydrogen-bond donors (Lipinski definition) is 0. The predicted octanol–water partition coefficient (Wildman–Crippen LogP) is 4.63. The second-order valence-electron chi connectivity index (χ2n) is 3.36. The van der Waals surface area contributed by atoms with E-state index in [1.54, 1.807) is 0 Å². The van der Waals surface area contributed by atoms with E-state index < -0.39 is 0 Å². The Morgan fingerprint density at radius 2 is 2.00 bits per heavy atom. The molecule has 2 rings (SSSR count). The number of fused-ring (bicyclic) bond motifs is 1. The molecular formula is C12H13IS. The van der Waals surface area contributed by atoms with Gasteiger partial charge in [0.1, 0.15) is 0 Å². The van der Waals surface area contributed by atoms with Crippen molar-refractivity contribution >= 4 is 44.0 Å². The molecule has 0 spiro atoms. The molecule has 0 nitrogen and oxygen atoms in total. The molecule has 0 saturated heterocycles. The van der Waals surface area contributed by atoms with Crippen LogP contribution in [-0.2, 0) is 12.8 Å². The molecule has 0 bridgehead atoms. The molecule has 1 heterocycles. The van der Waals surface area contributed by atoms with Crippen LogP contribution in [0.3, 0.4) is 0 Å². The molecule has 1 aromatic heterocycles. The normalized spacial score (nSPS) is 11.1. The Hall–Kier alpha value is -0.0900. The zero-order chi connectivity index (χ0) is 10.1. The summed E-state index contributed by atoms with van der Waals surface area (Å²) in [5.41, 5.74) is 3.02. The van der Waals surface area contributed by atoms with Crippen LogP contribution in [-0.4, -0.2) is 0 Å². The number of rotatable bonds is 2. The van der Waals surface area contributed by atoms with E-state index in [1.807, 2.05) is 11.3 Å². The molecule has 2 aromatic rings. The molecule has 0 fully saturated rings. The minimum atomic E-state index is 1.14. The van der Waals surface area contributed by atoms with E-state index in [2.05, 4.69) is 54.6 Å². The Morgan fingerprint density at radius 3 is 2.64 bits per heavy atom. The highest BCUT2D eigenvalue weighted by atomic mass is 127. The molecule has 1 aromatic carbocycles. The van der Waals surface area contributed by atoms with Crippen LogP contribution in [0.15, 0.2) is 18.2 Å². The van der Waals surface area contributed by atoms with E-state index >= 15 is 0 Å². The summed E-state index contributed by atoms with van der Waals surface area (Å²) in [7, 11) is 0. The SMILES string of the molecule is CCc1c(I)sc2c(CC)cccc12. The smallest absolute Gasteiger partial charge is 0.0697 e. The maximum Gasteiger partial charge on any atom is 0.0697 e. The quantitative estimate of drug-likeness (QED) is 0.709. The molecule has 0 aliphatic carbocycles. The van der Waals surface area contributed by atoms with Crippen molar-refractivity contribution in [1.82, 2.24) is 0 Å². The highest BCUT2D eigenvalue weighted by Gasteiger charge is 2.09. The van der Waals surface area contributed by atoms with Gasteiger partial charge in [-0.15, -0.1) is 11.3 Å². The molecule has 0 amide bonds. The van der Waals surface area contributed by atoms with Gasteiger partial charge in [-0.05, 0) is 51.9 Å². The fourth-order valence-corrected chi connectivity index (χ4v) is 4.34. The maximum atomic E-state index is 2.47. The fraction of sp³-hybridized carbons (Fsp3) is 0.333. The third-order valence-corrected chi connectivity index (χ3v) is 5.01. The highest BCUT2D eigenvalue weighted by molar-refractivity contribution is 14.1. The van der Waals surface area contributed by atoms with Gasteiger partial charge in [-0.1, -0.05) is 32.0 Å². The number of aryl methyl sites for hydroxylation is 2. The van der Waals surface area contributed by atoms with Crippen molar-refractivity contribution in [3.63, 3.8) is 0 Å². The first-order valence-corrected chi connectivity index (χ1v) is 6.86. The molecule has 0 aliphatic rings. The van der Waals surface area contributed by atoms with Gasteiger partial charge >= 0.3 is 0 Å². The van der Waals surface area contributed by atoms with Crippen molar-refractivity contribution in [3.8, 4) is 0 Å². The van der Waals surface area contributed by atoms with E-state index in [0.717, 1.165) is 12.8 Å². The number of thiophene rings is 1. The molecule has 0 atom stereocenters. The average molecular weight is 316 g/mol. The van der Waals surface area contributed by atoms with Crippen molar-refractivity contribution in [3.05, 3.63) is 32.2 Å². The van der Waals surface area contributed by atoms with Gasteiger partial charge in [0, 0.05) is 4.70 Å². The summed E-state index contributed by atoms with van der Waals surface area (Å²) in [5.74, 6) is 0. The first-order chi connectivity index (χ1) is 6.77. The van der Waals surface area contributed by atoms with E-state index in [1.165, 1.54) is 24.1 Å². The first kappa shape index (κ1) is 10.4. The molecule has 0 radical (unpaired) electrons. The van der Waals surface area contributed by atoms with Gasteiger partial charge in [-0.3, -0.25) is 0 Å². The lowest BCUT2D eigenvalue weighted by Crippen LogP contribution is -1.81. The molecule has 0 saturated carbocycles. The summed E-state index contributed by atoms with van der Waals surface area (Å²) in [4.78, 5) is 0. The Labute approximate surface area is 102 Å². The summed E-state index contributed by atoms with van der Waals surface area (Å²) >= 11 is 4.41. The average Bonchev–Trinajstić information content (AvgIpc) is 2.52. The molecule has 2 heteroatoms. The van der Waals surface area contributed by atoms with Crippen LogP contribution in [0.1, 0.15) is 25.0 Å². The van der Waals surface area contributed by atoms with Crippen molar-refractivity contribution in [2.75, 3.05) is 0 Å². The Bertz CT molecular complexity index is 457. The molecular weight excluding hydrogens is 303 g/mol. The van der Waals surface area contributed by atoms with Crippen molar-refractivity contribution in [2.24, 2.45) is 0 Å². The van der Waals surface area contributed by atoms with Crippen LogP contribution in [0.5, 0.6) is 0 Å². The largest absolute Gasteiger partial charge is 0.129 e. The third-order valence-electron chi connectivity index (χ3n) is 2.59. The standard InChI is InChI=1S/C12H13IS/c1-3-8-6-5-7-10-9(4-2)12(13)14-11(8)10/h5-7H,3-4H2,1-2H3. The summed E-state index contributed by atoms with van der Waals surface area (Å²) in [6, 6.07) is 6.68. The van der Waals surface area contributed by atoms with Crippen LogP contribution in [0.2, 0.25) is 0 Å². The van der Waals surface area contributed by atoms with Crippen LogP contribution in [0, 0.1) is 2.88 Å². The lowest BCUT2D eigenvalue weighted by Gasteiger charge is -1.99. The summed E-state index contributed by atoms with van der Waals surface area (Å²) in [5, 5.41) is 1.47. The van der Waals surface area contributed by atoms with Gasteiger partial charge in [0.25, 0.3) is 0 Å². The molecule has 74 valence electrons. The monoisotopic (exact) mass is 316 g/mol. The van der Waals surface area contributed by atoms with E-state index in [0.29, 0.717) is 0 Å². The highest BCUT2D eigenvalue weighted by Crippen LogP contribution is 2.35. The second-order valence-corrected chi connectivity index (χ2v) is 6.19. The van der Waals surface area contributed by atoms with Gasteiger partial charge in [-0.25, -0.2) is 0 Å². The Morgan fingerprint density at radius 1 is 1.21 bits per heavy atom. The lowest BCUT2D eigenvalue weighted by atomic mass is 10.1. The lowest BCUT2D eigenvalue weighted by molar-refractivity contribution is 1.15. The zero-order valence-electron chi connectivity index (χ0n) is 8.43. The van der Waals surface area contributed by atoms with Gasteiger partial charge in [0.15, 0.2) is 0 Å². The zero-order valence-corrected chi connectivity index (χ0v) is 11.4. The topological polar surface area (TPSA) is 0 Å². The van der Waals surface area contributed by atoms with Gasteiger partial charge in [0.05, 0.1) is 2.88 Å². The van der Waals surface area contributed by atoms with Crippen LogP contribution < -0.4 is 0 Å². The Balaban J connectivity index is 2.79. The number of halogens is 1. The van der Waals surface area contributed by atoms with Crippen molar-refractivity contribution in [2.45, 2.75) is 26.7 Å². The van der Waals surface area contributed by atoms with E-state index in [9.17, 15) is 0 Å². The molecule has 0 N–H and O–H groups in total. The summed E-state index contributed by atoms with van der Waals surface area (Å²) in [6.45, 7) is 4.47. The predicted molar refractivity (Wildman–Crippen MR) is 73.3 cm³/mol. The summed E-state index contributed by atoms with van der Waals surface area (Å²) < 4.78 is 2.96. The van der Waals surface area contributed by atoms with Gasteiger partial charge < -0.3 is 0 Å². The maximum absolute atomic E-state index is 2.47. The number of benzene rings is 1.